The Labute approximate surface area is 336 Å². The summed E-state index contributed by atoms with van der Waals surface area (Å²) in [7, 11) is 5.21. The molecule has 0 bridgehead atoms. The van der Waals surface area contributed by atoms with Crippen molar-refractivity contribution < 1.29 is 48.0 Å². The molecule has 4 heterocycles. The van der Waals surface area contributed by atoms with Crippen molar-refractivity contribution in [3.8, 4) is 11.8 Å². The number of rotatable bonds is 7. The number of amides is 1. The van der Waals surface area contributed by atoms with Gasteiger partial charge < -0.3 is 43.8 Å². The van der Waals surface area contributed by atoms with Gasteiger partial charge in [-0.05, 0) is 66.8 Å². The summed E-state index contributed by atoms with van der Waals surface area (Å²) in [5, 5.41) is 20.0. The number of esters is 1. The molecular weight excluding hydrogens is 732 g/mol. The second-order valence-electron chi connectivity index (χ2n) is 16.4. The molecule has 2 aromatic rings. The molecule has 3 aliphatic rings. The number of hydrogen-bond acceptors (Lipinski definition) is 13. The third-order valence-corrected chi connectivity index (χ3v) is 12.3. The molecule has 2 N–H and O–H groups in total. The van der Waals surface area contributed by atoms with Crippen molar-refractivity contribution in [2.75, 3.05) is 27.8 Å². The van der Waals surface area contributed by atoms with Crippen molar-refractivity contribution in [3.05, 3.63) is 42.1 Å². The monoisotopic (exact) mass is 792 g/mol. The summed E-state index contributed by atoms with van der Waals surface area (Å²) in [5.41, 5.74) is -0.406. The number of carbonyl (C=O) groups is 3. The minimum absolute atomic E-state index is 0.0265. The van der Waals surface area contributed by atoms with E-state index in [4.69, 9.17) is 28.5 Å². The van der Waals surface area contributed by atoms with Gasteiger partial charge in [0.1, 0.15) is 31.8 Å². The highest BCUT2D eigenvalue weighted by Crippen LogP contribution is 2.41. The number of fused-ring (bicyclic) bond motifs is 2. The molecule has 0 aliphatic carbocycles. The molecule has 0 spiro atoms. The molecule has 3 saturated heterocycles. The maximum Gasteiger partial charge on any atom is 0.408 e. The quantitative estimate of drug-likeness (QED) is 0.169. The van der Waals surface area contributed by atoms with E-state index in [1.807, 2.05) is 83.9 Å². The molecule has 1 amide bonds. The minimum atomic E-state index is -1.33. The SMILES string of the molecule is CC[C@H]1OC(=O)[C@H](C)C(=O)[C@H](C)[C@@H](OC2O[C@H](C)C[C@H](N(C)C)[C@H]2O)C[C@@](C)(OCC#Cc2cnc3ccccc3c2)[C@@H](C)/C(=N\OC)[C@H](C)C2NC(=O)O[C@@]21C. The van der Waals surface area contributed by atoms with E-state index in [2.05, 4.69) is 27.3 Å². The summed E-state index contributed by atoms with van der Waals surface area (Å²) in [4.78, 5) is 53.1. The normalized spacial score (nSPS) is 37.4. The van der Waals surface area contributed by atoms with Crippen LogP contribution in [0.1, 0.15) is 80.2 Å². The van der Waals surface area contributed by atoms with Crippen LogP contribution in [0.15, 0.2) is 41.7 Å². The molecule has 5 rings (SSSR count). The van der Waals surface area contributed by atoms with Crippen LogP contribution in [0.5, 0.6) is 0 Å². The smallest absolute Gasteiger partial charge is 0.408 e. The Bertz CT molecular complexity index is 1860. The summed E-state index contributed by atoms with van der Waals surface area (Å²) in [6, 6.07) is 8.75. The van der Waals surface area contributed by atoms with E-state index in [-0.39, 0.29) is 25.2 Å². The highest BCUT2D eigenvalue weighted by Gasteiger charge is 2.57. The first-order valence-corrected chi connectivity index (χ1v) is 19.9. The number of ether oxygens (including phenoxy) is 5. The van der Waals surface area contributed by atoms with Crippen molar-refractivity contribution in [1.82, 2.24) is 15.2 Å². The predicted molar refractivity (Wildman–Crippen MR) is 213 cm³/mol. The molecule has 14 nitrogen and oxygen atoms in total. The fraction of sp³-hybridized carbons (Fsp3) is 0.651. The number of carbonyl (C=O) groups excluding carboxylic acids is 3. The number of nitrogens with zero attached hydrogens (tertiary/aromatic N) is 3. The van der Waals surface area contributed by atoms with E-state index in [9.17, 15) is 19.5 Å². The molecular formula is C43H60N4O10. The highest BCUT2D eigenvalue weighted by atomic mass is 16.7. The lowest BCUT2D eigenvalue weighted by Gasteiger charge is -2.46. The number of likely N-dealkylation sites (N-methyl/N-ethyl adjacent to an activating group) is 1. The van der Waals surface area contributed by atoms with Crippen molar-refractivity contribution in [2.24, 2.45) is 28.8 Å². The van der Waals surface area contributed by atoms with Crippen molar-refractivity contribution >= 4 is 34.5 Å². The van der Waals surface area contributed by atoms with Gasteiger partial charge in [-0.25, -0.2) is 4.79 Å². The molecule has 57 heavy (non-hydrogen) atoms. The third kappa shape index (κ3) is 9.44. The Morgan fingerprint density at radius 2 is 1.81 bits per heavy atom. The number of cyclic esters (lactones) is 1. The van der Waals surface area contributed by atoms with Gasteiger partial charge in [0.2, 0.25) is 0 Å². The Kier molecular flexibility index (Phi) is 14.0. The molecule has 14 heteroatoms. The van der Waals surface area contributed by atoms with Gasteiger partial charge in [-0.1, -0.05) is 62.9 Å². The van der Waals surface area contributed by atoms with E-state index in [1.54, 1.807) is 20.0 Å². The lowest BCUT2D eigenvalue weighted by atomic mass is 9.72. The number of nitrogens with one attached hydrogen (secondary N) is 1. The summed E-state index contributed by atoms with van der Waals surface area (Å²) < 4.78 is 31.6. The maximum atomic E-state index is 14.4. The van der Waals surface area contributed by atoms with Crippen molar-refractivity contribution in [2.45, 2.75) is 129 Å². The Morgan fingerprint density at radius 3 is 2.49 bits per heavy atom. The molecule has 13 atom stereocenters. The van der Waals surface area contributed by atoms with Crippen LogP contribution < -0.4 is 5.32 Å². The Balaban J connectivity index is 1.60. The van der Waals surface area contributed by atoms with E-state index >= 15 is 0 Å². The van der Waals surface area contributed by atoms with Crippen LogP contribution in [-0.4, -0.2) is 120 Å². The summed E-state index contributed by atoms with van der Waals surface area (Å²) in [6.45, 7) is 14.4. The van der Waals surface area contributed by atoms with Gasteiger partial charge in [-0.2, -0.15) is 0 Å². The van der Waals surface area contributed by atoms with Gasteiger partial charge in [0.25, 0.3) is 0 Å². The van der Waals surface area contributed by atoms with Crippen LogP contribution in [0.4, 0.5) is 4.79 Å². The lowest BCUT2D eigenvalue weighted by Crippen LogP contribution is -2.59. The van der Waals surface area contributed by atoms with Crippen molar-refractivity contribution in [1.29, 1.82) is 0 Å². The first kappa shape index (κ1) is 44.0. The molecule has 1 aromatic heterocycles. The average Bonchev–Trinajstić information content (AvgIpc) is 3.50. The molecule has 1 aromatic carbocycles. The van der Waals surface area contributed by atoms with Crippen LogP contribution in [0, 0.1) is 35.5 Å². The summed E-state index contributed by atoms with van der Waals surface area (Å²) in [5.74, 6) is 1.94. The number of pyridine rings is 1. The van der Waals surface area contributed by atoms with E-state index in [0.29, 0.717) is 24.1 Å². The number of aromatic nitrogens is 1. The fourth-order valence-corrected chi connectivity index (χ4v) is 8.55. The highest BCUT2D eigenvalue weighted by molar-refractivity contribution is 6.00. The number of para-hydroxylation sites is 1. The van der Waals surface area contributed by atoms with Crippen LogP contribution in [0.2, 0.25) is 0 Å². The largest absolute Gasteiger partial charge is 0.458 e. The van der Waals surface area contributed by atoms with Gasteiger partial charge in [0, 0.05) is 47.4 Å². The average molecular weight is 793 g/mol. The number of oxime groups is 1. The number of hydrogen-bond donors (Lipinski definition) is 2. The van der Waals surface area contributed by atoms with Crippen LogP contribution in [-0.2, 0) is 38.1 Å². The minimum Gasteiger partial charge on any atom is -0.458 e. The van der Waals surface area contributed by atoms with Crippen LogP contribution in [0.3, 0.4) is 0 Å². The maximum absolute atomic E-state index is 14.4. The second-order valence-corrected chi connectivity index (χ2v) is 16.4. The number of alkyl carbamates (subject to hydrolysis) is 1. The zero-order valence-corrected chi connectivity index (χ0v) is 35.1. The Morgan fingerprint density at radius 1 is 1.09 bits per heavy atom. The van der Waals surface area contributed by atoms with Gasteiger partial charge in [0.15, 0.2) is 17.7 Å². The number of aliphatic hydroxyl groups is 1. The lowest BCUT2D eigenvalue weighted by molar-refractivity contribution is -0.277. The molecule has 3 fully saturated rings. The number of aliphatic hydroxyl groups excluding tert-OH is 1. The molecule has 0 saturated carbocycles. The van der Waals surface area contributed by atoms with Gasteiger partial charge >= 0.3 is 12.1 Å². The third-order valence-electron chi connectivity index (χ3n) is 12.3. The zero-order chi connectivity index (χ0) is 41.8. The molecule has 2 unspecified atom stereocenters. The Hall–Kier alpha value is -4.13. The summed E-state index contributed by atoms with van der Waals surface area (Å²) in [6.07, 6.45) is -2.24. The first-order chi connectivity index (χ1) is 26.9. The van der Waals surface area contributed by atoms with Crippen LogP contribution >= 0.6 is 0 Å². The number of Topliss-reactive ketones (excluding diaryl/α,β-unsaturated/α-hetero) is 1. The zero-order valence-electron chi connectivity index (χ0n) is 35.1. The molecule has 0 radical (unpaired) electrons. The topological polar surface area (TPSA) is 167 Å². The van der Waals surface area contributed by atoms with Crippen molar-refractivity contribution in [3.63, 3.8) is 0 Å². The summed E-state index contributed by atoms with van der Waals surface area (Å²) >= 11 is 0. The number of benzene rings is 1. The first-order valence-electron chi connectivity index (χ1n) is 19.9. The molecule has 3 aliphatic heterocycles. The number of ketones is 1. The standard InChI is InChI=1S/C43H60N4O10/c1-12-34-43(8)38(45-41(51)57-43)26(4)35(46-52-11)28(6)42(7,53-19-15-16-29-21-30-17-13-14-18-31(30)44-23-29)22-33(25(3)36(48)27(5)39(50)56-34)55-40-37(49)32(47(9)10)20-24(2)54-40/h13-14,17-18,21,23-28,32-34,37-38,40,49H,12,19-20,22H2,1-11H3,(H,45,51)/b46-35-/t24-,25-,26+,27-,28+,32+,33+,34-,37-,38?,40?,42-,43-/m1/s1. The van der Waals surface area contributed by atoms with Gasteiger partial charge in [-0.3, -0.25) is 14.6 Å². The second kappa shape index (κ2) is 18.2. The van der Waals surface area contributed by atoms with Gasteiger partial charge in [-0.15, -0.1) is 0 Å². The molecule has 312 valence electrons. The predicted octanol–water partition coefficient (Wildman–Crippen LogP) is 4.88. The fourth-order valence-electron chi connectivity index (χ4n) is 8.55. The van der Waals surface area contributed by atoms with Gasteiger partial charge in [0.05, 0.1) is 35.1 Å². The van der Waals surface area contributed by atoms with E-state index < -0.39 is 83.4 Å². The van der Waals surface area contributed by atoms with E-state index in [1.165, 1.54) is 14.0 Å². The van der Waals surface area contributed by atoms with Crippen LogP contribution in [0.25, 0.3) is 10.9 Å². The van der Waals surface area contributed by atoms with E-state index in [0.717, 1.165) is 10.9 Å².